The Bertz CT molecular complexity index is 1370. The Kier molecular flexibility index (Phi) is 7.13. The van der Waals surface area contributed by atoms with E-state index in [0.717, 1.165) is 48.4 Å². The summed E-state index contributed by atoms with van der Waals surface area (Å²) >= 11 is 0. The standard InChI is InChI=1S/C30H34N6O2/c1-5-28(38)32-25-7-6-8-26(14-25)33-29-19(3)15-31-30(35-29)34-27-10-9-21(11-18(27)2)22-12-23-16-36(20(4)37)17-24(23)13-22/h5-11,14-15,22-24H,1,12-13,16-17H2,2-4H3,(H,32,38)(H2,31,33,34,35)/t22?,23-,24+. The van der Waals surface area contributed by atoms with Gasteiger partial charge in [0, 0.05) is 48.8 Å². The molecule has 1 aromatic heterocycles. The molecule has 1 aliphatic heterocycles. The number of carbonyl (C=O) groups is 2. The van der Waals surface area contributed by atoms with Crippen molar-refractivity contribution in [2.24, 2.45) is 11.8 Å². The van der Waals surface area contributed by atoms with Crippen LogP contribution in [0.15, 0.2) is 61.3 Å². The number of nitrogens with one attached hydrogen (secondary N) is 3. The second-order valence-corrected chi connectivity index (χ2v) is 10.4. The van der Waals surface area contributed by atoms with Crippen molar-refractivity contribution in [2.45, 2.75) is 39.5 Å². The molecule has 1 saturated heterocycles. The maximum absolute atomic E-state index is 11.7. The van der Waals surface area contributed by atoms with Crippen LogP contribution in [0.4, 0.5) is 28.8 Å². The van der Waals surface area contributed by atoms with Crippen molar-refractivity contribution >= 4 is 40.6 Å². The van der Waals surface area contributed by atoms with Crippen LogP contribution in [0.3, 0.4) is 0 Å². The molecule has 2 aliphatic rings. The summed E-state index contributed by atoms with van der Waals surface area (Å²) in [5, 5.41) is 9.47. The zero-order valence-corrected chi connectivity index (χ0v) is 22.1. The van der Waals surface area contributed by atoms with E-state index in [0.29, 0.717) is 35.2 Å². The molecular formula is C30H34N6O2. The number of hydrogen-bond acceptors (Lipinski definition) is 6. The first-order valence-electron chi connectivity index (χ1n) is 13.1. The van der Waals surface area contributed by atoms with Crippen LogP contribution in [0.25, 0.3) is 0 Å². The predicted molar refractivity (Wildman–Crippen MR) is 151 cm³/mol. The highest BCUT2D eigenvalue weighted by molar-refractivity contribution is 5.99. The fourth-order valence-corrected chi connectivity index (χ4v) is 5.66. The zero-order chi connectivity index (χ0) is 26.8. The van der Waals surface area contributed by atoms with Crippen LogP contribution >= 0.6 is 0 Å². The fraction of sp³-hybridized carbons (Fsp3) is 0.333. The minimum Gasteiger partial charge on any atom is -0.342 e. The minimum atomic E-state index is -0.261. The Morgan fingerprint density at radius 1 is 1.00 bits per heavy atom. The average Bonchev–Trinajstić information content (AvgIpc) is 3.47. The van der Waals surface area contributed by atoms with Crippen LogP contribution in [0.2, 0.25) is 0 Å². The summed E-state index contributed by atoms with van der Waals surface area (Å²) < 4.78 is 0. The van der Waals surface area contributed by atoms with Gasteiger partial charge in [0.2, 0.25) is 17.8 Å². The van der Waals surface area contributed by atoms with Gasteiger partial charge < -0.3 is 20.9 Å². The van der Waals surface area contributed by atoms with E-state index in [1.807, 2.05) is 36.1 Å². The van der Waals surface area contributed by atoms with Gasteiger partial charge in [0.1, 0.15) is 5.82 Å². The molecular weight excluding hydrogens is 476 g/mol. The lowest BCUT2D eigenvalue weighted by atomic mass is 9.94. The van der Waals surface area contributed by atoms with Gasteiger partial charge in [0.15, 0.2) is 0 Å². The van der Waals surface area contributed by atoms with Gasteiger partial charge in [0.05, 0.1) is 0 Å². The Morgan fingerprint density at radius 3 is 2.42 bits per heavy atom. The van der Waals surface area contributed by atoms with E-state index < -0.39 is 0 Å². The van der Waals surface area contributed by atoms with Gasteiger partial charge in [-0.3, -0.25) is 9.59 Å². The van der Waals surface area contributed by atoms with Crippen molar-refractivity contribution in [1.82, 2.24) is 14.9 Å². The Hall–Kier alpha value is -4.20. The number of hydrogen-bond donors (Lipinski definition) is 3. The third kappa shape index (κ3) is 5.54. The fourth-order valence-electron chi connectivity index (χ4n) is 5.66. The van der Waals surface area contributed by atoms with E-state index in [4.69, 9.17) is 4.98 Å². The molecule has 1 saturated carbocycles. The van der Waals surface area contributed by atoms with E-state index >= 15 is 0 Å². The van der Waals surface area contributed by atoms with Crippen LogP contribution in [0.1, 0.15) is 42.4 Å². The zero-order valence-electron chi connectivity index (χ0n) is 22.1. The number of aryl methyl sites for hydroxylation is 2. The summed E-state index contributed by atoms with van der Waals surface area (Å²) in [7, 11) is 0. The van der Waals surface area contributed by atoms with Crippen molar-refractivity contribution in [3.05, 3.63) is 78.0 Å². The number of carbonyl (C=O) groups excluding carboxylic acids is 2. The van der Waals surface area contributed by atoms with Gasteiger partial charge in [-0.1, -0.05) is 24.8 Å². The molecule has 8 heteroatoms. The molecule has 1 unspecified atom stereocenters. The van der Waals surface area contributed by atoms with Crippen LogP contribution in [0, 0.1) is 25.7 Å². The summed E-state index contributed by atoms with van der Waals surface area (Å²) in [5.74, 6) is 2.91. The van der Waals surface area contributed by atoms with Gasteiger partial charge in [-0.15, -0.1) is 0 Å². The highest BCUT2D eigenvalue weighted by Gasteiger charge is 2.42. The topological polar surface area (TPSA) is 99.2 Å². The lowest BCUT2D eigenvalue weighted by Gasteiger charge is -2.19. The van der Waals surface area contributed by atoms with Crippen LogP contribution in [-0.4, -0.2) is 39.8 Å². The van der Waals surface area contributed by atoms with E-state index in [2.05, 4.69) is 52.6 Å². The Labute approximate surface area is 223 Å². The van der Waals surface area contributed by atoms with Crippen LogP contribution in [-0.2, 0) is 9.59 Å². The van der Waals surface area contributed by atoms with Gasteiger partial charge in [-0.25, -0.2) is 4.98 Å². The molecule has 2 heterocycles. The maximum Gasteiger partial charge on any atom is 0.247 e. The lowest BCUT2D eigenvalue weighted by molar-refractivity contribution is -0.128. The van der Waals surface area contributed by atoms with Crippen molar-refractivity contribution in [2.75, 3.05) is 29.0 Å². The normalized spacial score (nSPS) is 20.1. The molecule has 2 amide bonds. The van der Waals surface area contributed by atoms with Crippen molar-refractivity contribution < 1.29 is 9.59 Å². The van der Waals surface area contributed by atoms with Gasteiger partial charge in [-0.2, -0.15) is 4.98 Å². The van der Waals surface area contributed by atoms with E-state index in [9.17, 15) is 9.59 Å². The quantitative estimate of drug-likeness (QED) is 0.354. The monoisotopic (exact) mass is 510 g/mol. The lowest BCUT2D eigenvalue weighted by Crippen LogP contribution is -2.27. The number of nitrogens with zero attached hydrogens (tertiary/aromatic N) is 3. The van der Waals surface area contributed by atoms with E-state index in [1.54, 1.807) is 13.1 Å². The number of anilines is 5. The summed E-state index contributed by atoms with van der Waals surface area (Å²) in [6.45, 7) is 11.0. The molecule has 8 nitrogen and oxygen atoms in total. The molecule has 3 aromatic rings. The van der Waals surface area contributed by atoms with Crippen molar-refractivity contribution in [3.63, 3.8) is 0 Å². The van der Waals surface area contributed by atoms with Gasteiger partial charge in [0.25, 0.3) is 0 Å². The third-order valence-electron chi connectivity index (χ3n) is 7.71. The minimum absolute atomic E-state index is 0.199. The van der Waals surface area contributed by atoms with E-state index in [1.165, 1.54) is 11.6 Å². The van der Waals surface area contributed by atoms with E-state index in [-0.39, 0.29) is 11.8 Å². The molecule has 2 fully saturated rings. The second-order valence-electron chi connectivity index (χ2n) is 10.4. The number of likely N-dealkylation sites (tertiary alicyclic amines) is 1. The van der Waals surface area contributed by atoms with Crippen molar-refractivity contribution in [1.29, 1.82) is 0 Å². The summed E-state index contributed by atoms with van der Waals surface area (Å²) in [6, 6.07) is 14.0. The largest absolute Gasteiger partial charge is 0.342 e. The SMILES string of the molecule is C=CC(=O)Nc1cccc(Nc2nc(Nc3ccc(C4C[C@@H]5CN(C(C)=O)C[C@@H]5C4)cc3C)ncc2C)c1. The smallest absolute Gasteiger partial charge is 0.247 e. The number of fused-ring (bicyclic) bond motifs is 1. The van der Waals surface area contributed by atoms with Crippen molar-refractivity contribution in [3.8, 4) is 0 Å². The molecule has 3 N–H and O–H groups in total. The first kappa shape index (κ1) is 25.4. The Balaban J connectivity index is 1.26. The number of aromatic nitrogens is 2. The van der Waals surface area contributed by atoms with Crippen LogP contribution in [0.5, 0.6) is 0 Å². The average molecular weight is 511 g/mol. The molecule has 38 heavy (non-hydrogen) atoms. The molecule has 0 radical (unpaired) electrons. The Morgan fingerprint density at radius 2 is 1.74 bits per heavy atom. The molecule has 5 rings (SSSR count). The first-order chi connectivity index (χ1) is 18.3. The number of rotatable bonds is 7. The van der Waals surface area contributed by atoms with Gasteiger partial charge >= 0.3 is 0 Å². The number of benzene rings is 2. The second kappa shape index (κ2) is 10.7. The first-order valence-corrected chi connectivity index (χ1v) is 13.1. The summed E-state index contributed by atoms with van der Waals surface area (Å²) in [6.07, 6.45) is 5.32. The summed E-state index contributed by atoms with van der Waals surface area (Å²) in [5.41, 5.74) is 5.86. The molecule has 2 aromatic carbocycles. The third-order valence-corrected chi connectivity index (χ3v) is 7.71. The molecule has 0 bridgehead atoms. The highest BCUT2D eigenvalue weighted by atomic mass is 16.2. The van der Waals surface area contributed by atoms with Gasteiger partial charge in [-0.05, 0) is 85.9 Å². The molecule has 0 spiro atoms. The molecule has 196 valence electrons. The number of amides is 2. The summed E-state index contributed by atoms with van der Waals surface area (Å²) in [4.78, 5) is 34.6. The maximum atomic E-state index is 11.7. The van der Waals surface area contributed by atoms with Crippen LogP contribution < -0.4 is 16.0 Å². The predicted octanol–water partition coefficient (Wildman–Crippen LogP) is 5.68. The molecule has 3 atom stereocenters. The highest BCUT2D eigenvalue weighted by Crippen LogP contribution is 2.46. The molecule has 1 aliphatic carbocycles.